The van der Waals surface area contributed by atoms with Crippen LogP contribution >= 0.6 is 0 Å². The van der Waals surface area contributed by atoms with Crippen LogP contribution in [0.4, 0.5) is 0 Å². The molecule has 1 saturated heterocycles. The molecule has 0 radical (unpaired) electrons. The largest absolute Gasteiger partial charge is 0.462 e. The summed E-state index contributed by atoms with van der Waals surface area (Å²) in [5.74, 6) is 1.44. The Hall–Kier alpha value is -0.530. The van der Waals surface area contributed by atoms with E-state index in [9.17, 15) is 4.79 Å². The molecule has 1 unspecified atom stereocenters. The fourth-order valence-corrected chi connectivity index (χ4v) is 2.49. The summed E-state index contributed by atoms with van der Waals surface area (Å²) < 4.78 is 5.31. The first-order chi connectivity index (χ1) is 5.68. The van der Waals surface area contributed by atoms with Crippen LogP contribution in [0.15, 0.2) is 0 Å². The third kappa shape index (κ3) is 1.13. The van der Waals surface area contributed by atoms with Gasteiger partial charge in [-0.3, -0.25) is 4.79 Å². The van der Waals surface area contributed by atoms with Crippen molar-refractivity contribution in [1.82, 2.24) is 0 Å². The topological polar surface area (TPSA) is 26.3 Å². The van der Waals surface area contributed by atoms with E-state index in [4.69, 9.17) is 4.74 Å². The lowest BCUT2D eigenvalue weighted by molar-refractivity contribution is -0.144. The summed E-state index contributed by atoms with van der Waals surface area (Å²) in [4.78, 5) is 11.2. The maximum atomic E-state index is 11.2. The highest BCUT2D eigenvalue weighted by Gasteiger charge is 2.43. The van der Waals surface area contributed by atoms with Gasteiger partial charge in [-0.05, 0) is 18.8 Å². The van der Waals surface area contributed by atoms with Gasteiger partial charge in [0.05, 0.1) is 5.92 Å². The van der Waals surface area contributed by atoms with Crippen LogP contribution in [0.5, 0.6) is 0 Å². The molecule has 1 saturated carbocycles. The van der Waals surface area contributed by atoms with Crippen LogP contribution in [-0.4, -0.2) is 12.1 Å². The van der Waals surface area contributed by atoms with Gasteiger partial charge in [0.1, 0.15) is 6.10 Å². The highest BCUT2D eigenvalue weighted by Crippen LogP contribution is 2.40. The molecule has 0 aromatic carbocycles. The molecule has 12 heavy (non-hydrogen) atoms. The average Bonchev–Trinajstić information content (AvgIpc) is 2.28. The second-order valence-corrected chi connectivity index (χ2v) is 4.35. The average molecular weight is 168 g/mol. The summed E-state index contributed by atoms with van der Waals surface area (Å²) in [6.45, 7) is 4.25. The van der Waals surface area contributed by atoms with Crippen molar-refractivity contribution in [3.63, 3.8) is 0 Å². The molecule has 2 fully saturated rings. The standard InChI is InChI=1S/C10H16O2/c1-6-3-4-8-7(2)10(11)12-9(8)5-6/h6-9H,3-5H2,1-2H3/t6-,7?,8+,9+/m0/s1. The van der Waals surface area contributed by atoms with E-state index in [1.807, 2.05) is 6.92 Å². The van der Waals surface area contributed by atoms with Crippen LogP contribution < -0.4 is 0 Å². The van der Waals surface area contributed by atoms with Gasteiger partial charge in [-0.2, -0.15) is 0 Å². The Bertz CT molecular complexity index is 200. The van der Waals surface area contributed by atoms with Crippen molar-refractivity contribution in [3.05, 3.63) is 0 Å². The molecule has 2 aliphatic rings. The van der Waals surface area contributed by atoms with Crippen molar-refractivity contribution < 1.29 is 9.53 Å². The SMILES string of the molecule is CC1C(=O)O[C@@H]2C[C@@H](C)CC[C@H]12. The number of carbonyl (C=O) groups is 1. The zero-order chi connectivity index (χ0) is 8.72. The minimum absolute atomic E-state index is 0.0269. The van der Waals surface area contributed by atoms with E-state index in [1.54, 1.807) is 0 Å². The normalized spacial score (nSPS) is 47.0. The van der Waals surface area contributed by atoms with E-state index in [-0.39, 0.29) is 18.0 Å². The number of hydrogen-bond acceptors (Lipinski definition) is 2. The summed E-state index contributed by atoms with van der Waals surface area (Å²) >= 11 is 0. The minimum atomic E-state index is 0.0269. The molecule has 1 aliphatic heterocycles. The molecule has 68 valence electrons. The Morgan fingerprint density at radius 3 is 2.83 bits per heavy atom. The van der Waals surface area contributed by atoms with Gasteiger partial charge in [0.25, 0.3) is 0 Å². The van der Waals surface area contributed by atoms with Crippen LogP contribution in [0.2, 0.25) is 0 Å². The molecular weight excluding hydrogens is 152 g/mol. The van der Waals surface area contributed by atoms with Gasteiger partial charge in [0.15, 0.2) is 0 Å². The van der Waals surface area contributed by atoms with E-state index in [0.29, 0.717) is 5.92 Å². The monoisotopic (exact) mass is 168 g/mol. The molecule has 0 aromatic heterocycles. The number of esters is 1. The first-order valence-corrected chi connectivity index (χ1v) is 4.89. The molecule has 0 bridgehead atoms. The fourth-order valence-electron chi connectivity index (χ4n) is 2.49. The number of ether oxygens (including phenoxy) is 1. The molecule has 1 aliphatic carbocycles. The Kier molecular flexibility index (Phi) is 1.85. The molecule has 2 rings (SSSR count). The molecule has 0 spiro atoms. The van der Waals surface area contributed by atoms with E-state index >= 15 is 0 Å². The summed E-state index contributed by atoms with van der Waals surface area (Å²) in [5.41, 5.74) is 0. The number of hydrogen-bond donors (Lipinski definition) is 0. The summed E-state index contributed by atoms with van der Waals surface area (Å²) in [6, 6.07) is 0. The van der Waals surface area contributed by atoms with Crippen LogP contribution in [0, 0.1) is 17.8 Å². The van der Waals surface area contributed by atoms with E-state index in [2.05, 4.69) is 6.92 Å². The maximum Gasteiger partial charge on any atom is 0.309 e. The van der Waals surface area contributed by atoms with Gasteiger partial charge in [0.2, 0.25) is 0 Å². The second-order valence-electron chi connectivity index (χ2n) is 4.35. The van der Waals surface area contributed by atoms with E-state index < -0.39 is 0 Å². The van der Waals surface area contributed by atoms with Crippen LogP contribution in [0.1, 0.15) is 33.1 Å². The third-order valence-electron chi connectivity index (χ3n) is 3.39. The predicted octanol–water partition coefficient (Wildman–Crippen LogP) is 1.98. The maximum absolute atomic E-state index is 11.2. The van der Waals surface area contributed by atoms with Crippen molar-refractivity contribution in [1.29, 1.82) is 0 Å². The van der Waals surface area contributed by atoms with Gasteiger partial charge in [-0.15, -0.1) is 0 Å². The Balaban J connectivity index is 2.09. The fraction of sp³-hybridized carbons (Fsp3) is 0.900. The number of fused-ring (bicyclic) bond motifs is 1. The molecule has 4 atom stereocenters. The van der Waals surface area contributed by atoms with Crippen LogP contribution in [-0.2, 0) is 9.53 Å². The van der Waals surface area contributed by atoms with Gasteiger partial charge in [-0.25, -0.2) is 0 Å². The van der Waals surface area contributed by atoms with Crippen LogP contribution in [0.3, 0.4) is 0 Å². The third-order valence-corrected chi connectivity index (χ3v) is 3.39. The first kappa shape index (κ1) is 8.09. The minimum Gasteiger partial charge on any atom is -0.462 e. The zero-order valence-corrected chi connectivity index (χ0v) is 7.75. The number of rotatable bonds is 0. The molecule has 0 N–H and O–H groups in total. The lowest BCUT2D eigenvalue weighted by atomic mass is 9.77. The highest BCUT2D eigenvalue weighted by atomic mass is 16.6. The molecule has 2 heteroatoms. The summed E-state index contributed by atoms with van der Waals surface area (Å²) in [5, 5.41) is 0. The molecular formula is C10H16O2. The molecule has 1 heterocycles. The Morgan fingerprint density at radius 2 is 2.08 bits per heavy atom. The lowest BCUT2D eigenvalue weighted by Gasteiger charge is -2.28. The molecule has 2 nitrogen and oxygen atoms in total. The predicted molar refractivity (Wildman–Crippen MR) is 45.5 cm³/mol. The summed E-state index contributed by atoms with van der Waals surface area (Å²) in [7, 11) is 0. The lowest BCUT2D eigenvalue weighted by Crippen LogP contribution is -2.27. The van der Waals surface area contributed by atoms with Gasteiger partial charge < -0.3 is 4.74 Å². The first-order valence-electron chi connectivity index (χ1n) is 4.89. The van der Waals surface area contributed by atoms with Crippen molar-refractivity contribution in [2.45, 2.75) is 39.2 Å². The van der Waals surface area contributed by atoms with Gasteiger partial charge in [0, 0.05) is 5.92 Å². The smallest absolute Gasteiger partial charge is 0.309 e. The quantitative estimate of drug-likeness (QED) is 0.517. The van der Waals surface area contributed by atoms with Crippen molar-refractivity contribution in [2.75, 3.05) is 0 Å². The number of carbonyl (C=O) groups excluding carboxylic acids is 1. The highest BCUT2D eigenvalue weighted by molar-refractivity contribution is 5.74. The summed E-state index contributed by atoms with van der Waals surface area (Å²) in [6.07, 6.45) is 3.78. The second kappa shape index (κ2) is 2.75. The van der Waals surface area contributed by atoms with Crippen molar-refractivity contribution in [3.8, 4) is 0 Å². The Morgan fingerprint density at radius 1 is 1.33 bits per heavy atom. The van der Waals surface area contributed by atoms with Gasteiger partial charge in [-0.1, -0.05) is 20.3 Å². The van der Waals surface area contributed by atoms with E-state index in [1.165, 1.54) is 12.8 Å². The zero-order valence-electron chi connectivity index (χ0n) is 7.75. The molecule has 0 aromatic rings. The van der Waals surface area contributed by atoms with Crippen molar-refractivity contribution in [2.24, 2.45) is 17.8 Å². The Labute approximate surface area is 73.3 Å². The van der Waals surface area contributed by atoms with E-state index in [0.717, 1.165) is 12.3 Å². The van der Waals surface area contributed by atoms with Gasteiger partial charge >= 0.3 is 5.97 Å². The molecule has 0 amide bonds. The van der Waals surface area contributed by atoms with Crippen molar-refractivity contribution >= 4 is 5.97 Å². The van der Waals surface area contributed by atoms with Crippen LogP contribution in [0.25, 0.3) is 0 Å².